The van der Waals surface area contributed by atoms with Crippen molar-refractivity contribution in [1.29, 1.82) is 0 Å². The van der Waals surface area contributed by atoms with Gasteiger partial charge in [-0.2, -0.15) is 0 Å². The predicted octanol–water partition coefficient (Wildman–Crippen LogP) is 5.87. The largest absolute Gasteiger partial charge is 0.390 e. The van der Waals surface area contributed by atoms with E-state index in [1.165, 1.54) is 5.56 Å². The zero-order chi connectivity index (χ0) is 24.4. The molecule has 33 heavy (non-hydrogen) atoms. The summed E-state index contributed by atoms with van der Waals surface area (Å²) >= 11 is 0. The average Bonchev–Trinajstić information content (AvgIpc) is 3.41. The molecule has 2 aromatic rings. The Hall–Kier alpha value is -2.21. The molecule has 1 aliphatic rings. The number of nitrogens with zero attached hydrogens (tertiary/aromatic N) is 3. The van der Waals surface area contributed by atoms with Crippen molar-refractivity contribution >= 4 is 11.6 Å². The summed E-state index contributed by atoms with van der Waals surface area (Å²) in [6.45, 7) is 14.4. The number of hydrogen-bond donors (Lipinski definition) is 2. The van der Waals surface area contributed by atoms with E-state index in [1.54, 1.807) is 13.8 Å². The first kappa shape index (κ1) is 25.4. The SMILES string of the molecule is Cc1ccc(NC(=O)C[C@@H](CC(C)(C)O)c2nnc(CCCC(C)(C)C)n2C2CC2)c(C)c1. The Kier molecular flexibility index (Phi) is 7.67. The van der Waals surface area contributed by atoms with Gasteiger partial charge in [0.05, 0.1) is 5.60 Å². The van der Waals surface area contributed by atoms with Crippen LogP contribution in [0.1, 0.15) is 108 Å². The van der Waals surface area contributed by atoms with E-state index in [1.807, 2.05) is 26.0 Å². The van der Waals surface area contributed by atoms with Crippen LogP contribution < -0.4 is 5.32 Å². The van der Waals surface area contributed by atoms with Crippen molar-refractivity contribution in [3.8, 4) is 0 Å². The van der Waals surface area contributed by atoms with Gasteiger partial charge in [0.15, 0.2) is 0 Å². The molecule has 0 aliphatic heterocycles. The number of carbonyl (C=O) groups is 1. The number of aryl methyl sites for hydroxylation is 3. The zero-order valence-electron chi connectivity index (χ0n) is 21.5. The number of anilines is 1. The maximum absolute atomic E-state index is 13.1. The third-order valence-corrected chi connectivity index (χ3v) is 6.23. The first-order valence-electron chi connectivity index (χ1n) is 12.4. The number of benzene rings is 1. The molecule has 1 atom stereocenters. The number of hydrogen-bond acceptors (Lipinski definition) is 4. The summed E-state index contributed by atoms with van der Waals surface area (Å²) in [5.41, 5.74) is 2.44. The van der Waals surface area contributed by atoms with Crippen molar-refractivity contribution < 1.29 is 9.90 Å². The van der Waals surface area contributed by atoms with Crippen molar-refractivity contribution in [1.82, 2.24) is 14.8 Å². The van der Waals surface area contributed by atoms with Gasteiger partial charge in [-0.3, -0.25) is 4.79 Å². The van der Waals surface area contributed by atoms with Crippen molar-refractivity contribution in [3.63, 3.8) is 0 Å². The highest BCUT2D eigenvalue weighted by Crippen LogP contribution is 2.40. The summed E-state index contributed by atoms with van der Waals surface area (Å²) in [5, 5.41) is 22.8. The third kappa shape index (κ3) is 7.66. The fraction of sp³-hybridized carbons (Fsp3) is 0.667. The lowest BCUT2D eigenvalue weighted by Crippen LogP contribution is -2.27. The van der Waals surface area contributed by atoms with Crippen molar-refractivity contribution in [2.75, 3.05) is 5.32 Å². The second-order valence-electron chi connectivity index (χ2n) is 11.8. The summed E-state index contributed by atoms with van der Waals surface area (Å²) in [5.74, 6) is 1.62. The molecule has 0 saturated heterocycles. The van der Waals surface area contributed by atoms with Gasteiger partial charge >= 0.3 is 0 Å². The van der Waals surface area contributed by atoms with Gasteiger partial charge in [-0.05, 0) is 76.8 Å². The maximum Gasteiger partial charge on any atom is 0.225 e. The Labute approximate surface area is 199 Å². The van der Waals surface area contributed by atoms with Crippen LogP contribution in [0, 0.1) is 19.3 Å². The predicted molar refractivity (Wildman–Crippen MR) is 134 cm³/mol. The van der Waals surface area contributed by atoms with Gasteiger partial charge in [-0.15, -0.1) is 10.2 Å². The number of amides is 1. The van der Waals surface area contributed by atoms with Crippen molar-refractivity contribution in [2.45, 2.75) is 111 Å². The van der Waals surface area contributed by atoms with Crippen LogP contribution >= 0.6 is 0 Å². The van der Waals surface area contributed by atoms with E-state index in [0.29, 0.717) is 17.9 Å². The van der Waals surface area contributed by atoms with Gasteiger partial charge in [0.1, 0.15) is 11.6 Å². The van der Waals surface area contributed by atoms with Gasteiger partial charge in [0.2, 0.25) is 5.91 Å². The van der Waals surface area contributed by atoms with Crippen LogP contribution in [0.3, 0.4) is 0 Å². The molecular weight excluding hydrogens is 412 g/mol. The topological polar surface area (TPSA) is 80.0 Å². The smallest absolute Gasteiger partial charge is 0.225 e. The molecule has 0 bridgehead atoms. The molecule has 3 rings (SSSR count). The Balaban J connectivity index is 1.80. The highest BCUT2D eigenvalue weighted by molar-refractivity contribution is 5.92. The van der Waals surface area contributed by atoms with Crippen LogP contribution in [0.25, 0.3) is 0 Å². The lowest BCUT2D eigenvalue weighted by molar-refractivity contribution is -0.116. The Morgan fingerprint density at radius 2 is 1.88 bits per heavy atom. The van der Waals surface area contributed by atoms with Gasteiger partial charge in [0, 0.05) is 30.5 Å². The monoisotopic (exact) mass is 454 g/mol. The molecule has 6 heteroatoms. The van der Waals surface area contributed by atoms with Crippen LogP contribution in [0.15, 0.2) is 18.2 Å². The number of rotatable bonds is 10. The molecule has 1 amide bonds. The van der Waals surface area contributed by atoms with Gasteiger partial charge < -0.3 is 15.0 Å². The molecule has 0 unspecified atom stereocenters. The first-order chi connectivity index (χ1) is 15.3. The second kappa shape index (κ2) is 9.96. The summed E-state index contributed by atoms with van der Waals surface area (Å²) in [4.78, 5) is 13.1. The number of nitrogens with one attached hydrogen (secondary N) is 1. The molecule has 1 heterocycles. The number of aromatic nitrogens is 3. The van der Waals surface area contributed by atoms with Gasteiger partial charge in [-0.1, -0.05) is 38.5 Å². The van der Waals surface area contributed by atoms with E-state index >= 15 is 0 Å². The zero-order valence-corrected chi connectivity index (χ0v) is 21.5. The summed E-state index contributed by atoms with van der Waals surface area (Å²) in [7, 11) is 0. The van der Waals surface area contributed by atoms with E-state index in [-0.39, 0.29) is 18.2 Å². The van der Waals surface area contributed by atoms with Gasteiger partial charge in [-0.25, -0.2) is 0 Å². The maximum atomic E-state index is 13.1. The summed E-state index contributed by atoms with van der Waals surface area (Å²) in [6, 6.07) is 6.45. The van der Waals surface area contributed by atoms with E-state index in [2.05, 4.69) is 46.9 Å². The lowest BCUT2D eigenvalue weighted by atomic mass is 9.89. The molecule has 2 N–H and O–H groups in total. The second-order valence-corrected chi connectivity index (χ2v) is 11.8. The molecule has 182 valence electrons. The Morgan fingerprint density at radius 3 is 2.45 bits per heavy atom. The molecule has 6 nitrogen and oxygen atoms in total. The van der Waals surface area contributed by atoms with Crippen LogP contribution in [0.5, 0.6) is 0 Å². The quantitative estimate of drug-likeness (QED) is 0.470. The van der Waals surface area contributed by atoms with E-state index in [0.717, 1.165) is 55.0 Å². The van der Waals surface area contributed by atoms with Crippen LogP contribution in [0.2, 0.25) is 0 Å². The minimum atomic E-state index is -0.905. The third-order valence-electron chi connectivity index (χ3n) is 6.23. The van der Waals surface area contributed by atoms with E-state index in [9.17, 15) is 9.90 Å². The Bertz CT molecular complexity index is 961. The molecule has 1 aromatic carbocycles. The van der Waals surface area contributed by atoms with Gasteiger partial charge in [0.25, 0.3) is 0 Å². The van der Waals surface area contributed by atoms with E-state index in [4.69, 9.17) is 0 Å². The fourth-order valence-electron chi connectivity index (χ4n) is 4.53. The number of aliphatic hydroxyl groups is 1. The molecule has 1 saturated carbocycles. The van der Waals surface area contributed by atoms with Crippen LogP contribution in [-0.2, 0) is 11.2 Å². The Morgan fingerprint density at radius 1 is 1.18 bits per heavy atom. The molecule has 1 fully saturated rings. The van der Waals surface area contributed by atoms with Crippen molar-refractivity contribution in [2.24, 2.45) is 5.41 Å². The molecule has 1 aliphatic carbocycles. The standard InChI is InChI=1S/C27H42N4O2/c1-18-10-13-22(19(2)15-18)28-24(32)16-20(17-27(6,7)33)25-30-29-23(31(25)21-11-12-21)9-8-14-26(3,4)5/h10,13,15,20-21,33H,8-9,11-12,14,16-17H2,1-7H3,(H,28,32)/t20-/m0/s1. The first-order valence-corrected chi connectivity index (χ1v) is 12.4. The number of carbonyl (C=O) groups excluding carboxylic acids is 1. The summed E-state index contributed by atoms with van der Waals surface area (Å²) in [6.07, 6.45) is 6.07. The average molecular weight is 455 g/mol. The van der Waals surface area contributed by atoms with E-state index < -0.39 is 5.60 Å². The fourth-order valence-corrected chi connectivity index (χ4v) is 4.53. The highest BCUT2D eigenvalue weighted by atomic mass is 16.3. The van der Waals surface area contributed by atoms with Crippen molar-refractivity contribution in [3.05, 3.63) is 41.0 Å². The normalized spacial score (nSPS) is 15.5. The highest BCUT2D eigenvalue weighted by Gasteiger charge is 2.35. The summed E-state index contributed by atoms with van der Waals surface area (Å²) < 4.78 is 2.28. The molecular formula is C27H42N4O2. The lowest BCUT2D eigenvalue weighted by Gasteiger charge is -2.25. The molecule has 0 spiro atoms. The van der Waals surface area contributed by atoms with Crippen LogP contribution in [-0.4, -0.2) is 31.4 Å². The minimum absolute atomic E-state index is 0.0594. The molecule has 0 radical (unpaired) electrons. The minimum Gasteiger partial charge on any atom is -0.390 e. The van der Waals surface area contributed by atoms with Crippen LogP contribution in [0.4, 0.5) is 5.69 Å². The molecule has 1 aromatic heterocycles.